The highest BCUT2D eigenvalue weighted by atomic mass is 16.5. The lowest BCUT2D eigenvalue weighted by Gasteiger charge is -2.18. The number of rotatable bonds is 7. The van der Waals surface area contributed by atoms with Crippen LogP contribution >= 0.6 is 0 Å². The Morgan fingerprint density at radius 3 is 2.57 bits per heavy atom. The molecule has 4 heteroatoms. The molecule has 0 aromatic heterocycles. The third-order valence-corrected chi connectivity index (χ3v) is 5.38. The molecule has 4 rings (SSSR count). The Hall–Kier alpha value is -3.40. The van der Waals surface area contributed by atoms with E-state index in [1.807, 2.05) is 54.6 Å². The second kappa shape index (κ2) is 9.88. The van der Waals surface area contributed by atoms with Crippen LogP contribution in [-0.4, -0.2) is 12.1 Å². The van der Waals surface area contributed by atoms with Gasteiger partial charge in [-0.15, -0.1) is 0 Å². The molecule has 0 bridgehead atoms. The molecule has 1 aliphatic carbocycles. The predicted molar refractivity (Wildman–Crippen MR) is 120 cm³/mol. The first-order valence-electron chi connectivity index (χ1n) is 10.5. The summed E-state index contributed by atoms with van der Waals surface area (Å²) in [6.07, 6.45) is 6.65. The highest BCUT2D eigenvalue weighted by Crippen LogP contribution is 2.24. The molecule has 0 unspecified atom stereocenters. The van der Waals surface area contributed by atoms with Gasteiger partial charge in [-0.25, -0.2) is 5.43 Å². The van der Waals surface area contributed by atoms with Gasteiger partial charge < -0.3 is 4.74 Å². The van der Waals surface area contributed by atoms with E-state index in [1.54, 1.807) is 6.21 Å². The zero-order valence-corrected chi connectivity index (χ0v) is 17.0. The van der Waals surface area contributed by atoms with Gasteiger partial charge in [0, 0.05) is 0 Å². The number of fused-ring (bicyclic) bond motifs is 1. The Morgan fingerprint density at radius 1 is 0.933 bits per heavy atom. The van der Waals surface area contributed by atoms with Gasteiger partial charge in [0.25, 0.3) is 0 Å². The fourth-order valence-electron chi connectivity index (χ4n) is 3.81. The minimum atomic E-state index is -0.0898. The molecule has 0 atom stereocenters. The monoisotopic (exact) mass is 398 g/mol. The van der Waals surface area contributed by atoms with Crippen molar-refractivity contribution in [1.29, 1.82) is 0 Å². The molecule has 0 radical (unpaired) electrons. The molecule has 1 amide bonds. The van der Waals surface area contributed by atoms with E-state index in [2.05, 4.69) is 28.7 Å². The minimum Gasteiger partial charge on any atom is -0.489 e. The highest BCUT2D eigenvalue weighted by Gasteiger charge is 2.14. The molecule has 152 valence electrons. The molecule has 1 aliphatic rings. The number of nitrogens with one attached hydrogen (secondary N) is 1. The molecule has 1 N–H and O–H groups in total. The number of carbonyl (C=O) groups is 1. The van der Waals surface area contributed by atoms with E-state index in [-0.39, 0.29) is 5.91 Å². The van der Waals surface area contributed by atoms with Gasteiger partial charge in [0.2, 0.25) is 5.91 Å². The molecule has 0 saturated heterocycles. The van der Waals surface area contributed by atoms with Crippen molar-refractivity contribution < 1.29 is 9.53 Å². The third-order valence-electron chi connectivity index (χ3n) is 5.38. The molecule has 4 nitrogen and oxygen atoms in total. The average molecular weight is 399 g/mol. The van der Waals surface area contributed by atoms with Crippen LogP contribution in [0, 0.1) is 0 Å². The number of ether oxygens (including phenoxy) is 1. The predicted octanol–water partition coefficient (Wildman–Crippen LogP) is 4.84. The number of hydrogen-bond acceptors (Lipinski definition) is 3. The second-order valence-corrected chi connectivity index (χ2v) is 7.58. The highest BCUT2D eigenvalue weighted by molar-refractivity contribution is 5.83. The van der Waals surface area contributed by atoms with Gasteiger partial charge >= 0.3 is 0 Å². The first-order valence-corrected chi connectivity index (χ1v) is 10.5. The average Bonchev–Trinajstić information content (AvgIpc) is 2.79. The largest absolute Gasteiger partial charge is 0.489 e. The van der Waals surface area contributed by atoms with E-state index < -0.39 is 0 Å². The molecule has 3 aromatic carbocycles. The van der Waals surface area contributed by atoms with Crippen LogP contribution < -0.4 is 10.2 Å². The van der Waals surface area contributed by atoms with Crippen LogP contribution in [0.4, 0.5) is 0 Å². The number of nitrogens with zero attached hydrogens (tertiary/aromatic N) is 1. The quantitative estimate of drug-likeness (QED) is 0.457. The van der Waals surface area contributed by atoms with Crippen molar-refractivity contribution in [2.75, 3.05) is 0 Å². The summed E-state index contributed by atoms with van der Waals surface area (Å²) in [7, 11) is 0. The van der Waals surface area contributed by atoms with Crippen LogP contribution in [0.3, 0.4) is 0 Å². The number of amides is 1. The maximum atomic E-state index is 12.3. The third kappa shape index (κ3) is 5.35. The van der Waals surface area contributed by atoms with Crippen molar-refractivity contribution in [3.05, 3.63) is 101 Å². The lowest BCUT2D eigenvalue weighted by Crippen LogP contribution is -2.21. The molecule has 0 heterocycles. The van der Waals surface area contributed by atoms with E-state index in [4.69, 9.17) is 4.74 Å². The molecule has 0 aliphatic heterocycles. The molecular weight excluding hydrogens is 372 g/mol. The van der Waals surface area contributed by atoms with Crippen LogP contribution in [-0.2, 0) is 30.7 Å². The SMILES string of the molecule is O=C(Cc1cccc2c1CCCC2)N/N=C/c1ccc(OCc2ccccc2)cc1. The van der Waals surface area contributed by atoms with E-state index in [1.165, 1.54) is 24.0 Å². The molecular formula is C26H26N2O2. The van der Waals surface area contributed by atoms with Crippen molar-refractivity contribution in [3.8, 4) is 5.75 Å². The van der Waals surface area contributed by atoms with Crippen molar-refractivity contribution in [1.82, 2.24) is 5.43 Å². The summed E-state index contributed by atoms with van der Waals surface area (Å²) in [4.78, 5) is 12.3. The lowest BCUT2D eigenvalue weighted by molar-refractivity contribution is -0.120. The van der Waals surface area contributed by atoms with Crippen molar-refractivity contribution >= 4 is 12.1 Å². The molecule has 0 spiro atoms. The van der Waals surface area contributed by atoms with Gasteiger partial charge in [-0.3, -0.25) is 4.79 Å². The van der Waals surface area contributed by atoms with Gasteiger partial charge in [-0.05, 0) is 77.8 Å². The van der Waals surface area contributed by atoms with Crippen LogP contribution in [0.2, 0.25) is 0 Å². The van der Waals surface area contributed by atoms with E-state index in [0.29, 0.717) is 13.0 Å². The minimum absolute atomic E-state index is 0.0898. The zero-order chi connectivity index (χ0) is 20.6. The normalized spacial score (nSPS) is 13.1. The van der Waals surface area contributed by atoms with Crippen molar-refractivity contribution in [3.63, 3.8) is 0 Å². The summed E-state index contributed by atoms with van der Waals surface area (Å²) in [6.45, 7) is 0.535. The van der Waals surface area contributed by atoms with Crippen LogP contribution in [0.5, 0.6) is 5.75 Å². The summed E-state index contributed by atoms with van der Waals surface area (Å²) >= 11 is 0. The fraction of sp³-hybridized carbons (Fsp3) is 0.231. The smallest absolute Gasteiger partial charge is 0.244 e. The van der Waals surface area contributed by atoms with Gasteiger partial charge in [-0.2, -0.15) is 5.10 Å². The Morgan fingerprint density at radius 2 is 1.73 bits per heavy atom. The number of benzene rings is 3. The summed E-state index contributed by atoms with van der Waals surface area (Å²) in [6, 6.07) is 24.0. The Balaban J connectivity index is 1.27. The summed E-state index contributed by atoms with van der Waals surface area (Å²) in [5.74, 6) is 0.710. The van der Waals surface area contributed by atoms with E-state index in [0.717, 1.165) is 35.3 Å². The molecule has 30 heavy (non-hydrogen) atoms. The molecule has 0 saturated carbocycles. The number of hydrazone groups is 1. The van der Waals surface area contributed by atoms with Crippen molar-refractivity contribution in [2.24, 2.45) is 5.10 Å². The van der Waals surface area contributed by atoms with Gasteiger partial charge in [-0.1, -0.05) is 48.5 Å². The van der Waals surface area contributed by atoms with Gasteiger partial charge in [0.1, 0.15) is 12.4 Å². The van der Waals surface area contributed by atoms with Crippen LogP contribution in [0.15, 0.2) is 77.9 Å². The Kier molecular flexibility index (Phi) is 6.55. The zero-order valence-electron chi connectivity index (χ0n) is 17.0. The molecule has 3 aromatic rings. The van der Waals surface area contributed by atoms with Crippen LogP contribution in [0.25, 0.3) is 0 Å². The van der Waals surface area contributed by atoms with Crippen LogP contribution in [0.1, 0.15) is 40.7 Å². The van der Waals surface area contributed by atoms with Gasteiger partial charge in [0.15, 0.2) is 0 Å². The topological polar surface area (TPSA) is 50.7 Å². The maximum Gasteiger partial charge on any atom is 0.244 e. The van der Waals surface area contributed by atoms with Crippen molar-refractivity contribution in [2.45, 2.75) is 38.7 Å². The first kappa shape index (κ1) is 19.9. The Labute approximate surface area is 177 Å². The number of hydrogen-bond donors (Lipinski definition) is 1. The standard InChI is InChI=1S/C26H26N2O2/c29-26(17-23-11-6-10-22-9-4-5-12-25(22)23)28-27-18-20-13-15-24(16-14-20)30-19-21-7-2-1-3-8-21/h1-3,6-8,10-11,13-16,18H,4-5,9,12,17,19H2,(H,28,29)/b27-18+. The lowest BCUT2D eigenvalue weighted by atomic mass is 9.87. The number of carbonyl (C=O) groups excluding carboxylic acids is 1. The summed E-state index contributed by atoms with van der Waals surface area (Å²) < 4.78 is 5.79. The first-order chi connectivity index (χ1) is 14.8. The van der Waals surface area contributed by atoms with E-state index >= 15 is 0 Å². The van der Waals surface area contributed by atoms with Gasteiger partial charge in [0.05, 0.1) is 12.6 Å². The summed E-state index contributed by atoms with van der Waals surface area (Å²) in [5, 5.41) is 4.11. The maximum absolute atomic E-state index is 12.3. The fourth-order valence-corrected chi connectivity index (χ4v) is 3.81. The molecule has 0 fully saturated rings. The summed E-state index contributed by atoms with van der Waals surface area (Å²) in [5.41, 5.74) is 8.55. The Bertz CT molecular complexity index is 1010. The van der Waals surface area contributed by atoms with E-state index in [9.17, 15) is 4.79 Å². The second-order valence-electron chi connectivity index (χ2n) is 7.58. The number of aryl methyl sites for hydroxylation is 1.